The maximum absolute atomic E-state index is 5.97. The summed E-state index contributed by atoms with van der Waals surface area (Å²) >= 11 is 0. The lowest BCUT2D eigenvalue weighted by molar-refractivity contribution is 0.381. The first-order valence-electron chi connectivity index (χ1n) is 4.71. The Morgan fingerprint density at radius 1 is 1.57 bits per heavy atom. The third-order valence-corrected chi connectivity index (χ3v) is 2.07. The smallest absolute Gasteiger partial charge is 0.113 e. The van der Waals surface area contributed by atoms with E-state index < -0.39 is 0 Å². The molecule has 1 atom stereocenters. The zero-order valence-corrected chi connectivity index (χ0v) is 8.77. The molecule has 1 heterocycles. The minimum absolute atomic E-state index is 0.0269. The van der Waals surface area contributed by atoms with Gasteiger partial charge in [-0.05, 0) is 33.1 Å². The van der Waals surface area contributed by atoms with Gasteiger partial charge in [0.25, 0.3) is 0 Å². The Morgan fingerprint density at radius 2 is 2.29 bits per heavy atom. The molecule has 1 unspecified atom stereocenters. The number of nitrogens with zero attached hydrogens (tertiary/aromatic N) is 2. The van der Waals surface area contributed by atoms with E-state index in [-0.39, 0.29) is 6.04 Å². The number of nitrogens with two attached hydrogens (primary N) is 1. The molecule has 1 aromatic rings. The number of hydrogen-bond acceptors (Lipinski definition) is 3. The van der Waals surface area contributed by atoms with Crippen molar-refractivity contribution in [3.8, 4) is 0 Å². The van der Waals surface area contributed by atoms with Crippen LogP contribution in [0.3, 0.4) is 0 Å². The highest BCUT2D eigenvalue weighted by molar-refractivity contribution is 6.32. The summed E-state index contributed by atoms with van der Waals surface area (Å²) in [4.78, 5) is 6.30. The average Bonchev–Trinajstić information content (AvgIpc) is 2.14. The summed E-state index contributed by atoms with van der Waals surface area (Å²) in [6, 6.07) is 3.57. The molecule has 0 amide bonds. The normalized spacial score (nSPS) is 13.1. The third kappa shape index (κ3) is 3.48. The molecule has 2 radical (unpaired) electrons. The van der Waals surface area contributed by atoms with E-state index in [0.717, 1.165) is 24.1 Å². The Bertz CT molecular complexity index is 288. The van der Waals surface area contributed by atoms with Crippen molar-refractivity contribution in [2.45, 2.75) is 12.5 Å². The SMILES string of the molecule is [B]c1ccnc(C(N)CCN(C)C)c1. The van der Waals surface area contributed by atoms with E-state index in [4.69, 9.17) is 13.6 Å². The lowest BCUT2D eigenvalue weighted by atomic mass is 9.95. The molecule has 0 aromatic carbocycles. The van der Waals surface area contributed by atoms with Gasteiger partial charge in [0.05, 0.1) is 5.69 Å². The first kappa shape index (κ1) is 11.2. The van der Waals surface area contributed by atoms with Crippen LogP contribution < -0.4 is 11.2 Å². The highest BCUT2D eigenvalue weighted by atomic mass is 15.0. The summed E-state index contributed by atoms with van der Waals surface area (Å²) in [5, 5.41) is 0. The van der Waals surface area contributed by atoms with Crippen LogP contribution in [0.25, 0.3) is 0 Å². The van der Waals surface area contributed by atoms with Crippen molar-refractivity contribution < 1.29 is 0 Å². The van der Waals surface area contributed by atoms with Gasteiger partial charge >= 0.3 is 0 Å². The van der Waals surface area contributed by atoms with Crippen molar-refractivity contribution in [1.29, 1.82) is 0 Å². The fourth-order valence-corrected chi connectivity index (χ4v) is 1.21. The van der Waals surface area contributed by atoms with Crippen LogP contribution in [0.4, 0.5) is 0 Å². The molecular weight excluding hydrogens is 173 g/mol. The monoisotopic (exact) mass is 189 g/mol. The topological polar surface area (TPSA) is 42.1 Å². The van der Waals surface area contributed by atoms with Crippen LogP contribution in [0, 0.1) is 0 Å². The quantitative estimate of drug-likeness (QED) is 0.668. The van der Waals surface area contributed by atoms with Gasteiger partial charge in [0.2, 0.25) is 0 Å². The maximum Gasteiger partial charge on any atom is 0.113 e. The van der Waals surface area contributed by atoms with Crippen molar-refractivity contribution in [3.63, 3.8) is 0 Å². The summed E-state index contributed by atoms with van der Waals surface area (Å²) < 4.78 is 0. The fourth-order valence-electron chi connectivity index (χ4n) is 1.21. The summed E-state index contributed by atoms with van der Waals surface area (Å²) in [6.45, 7) is 0.956. The molecule has 0 saturated carbocycles. The molecule has 0 aliphatic carbocycles. The molecule has 0 bridgehead atoms. The Kier molecular flexibility index (Phi) is 4.10. The second-order valence-corrected chi connectivity index (χ2v) is 3.71. The van der Waals surface area contributed by atoms with Gasteiger partial charge in [0.1, 0.15) is 7.85 Å². The molecule has 0 spiro atoms. The van der Waals surface area contributed by atoms with Crippen molar-refractivity contribution in [2.75, 3.05) is 20.6 Å². The molecular formula is C10H16BN3. The Labute approximate surface area is 86.7 Å². The zero-order valence-electron chi connectivity index (χ0n) is 8.77. The minimum atomic E-state index is -0.0269. The molecule has 0 aliphatic rings. The largest absolute Gasteiger partial charge is 0.323 e. The van der Waals surface area contributed by atoms with Crippen LogP contribution >= 0.6 is 0 Å². The fraction of sp³-hybridized carbons (Fsp3) is 0.500. The van der Waals surface area contributed by atoms with Crippen molar-refractivity contribution in [2.24, 2.45) is 5.73 Å². The van der Waals surface area contributed by atoms with E-state index in [0.29, 0.717) is 0 Å². The van der Waals surface area contributed by atoms with Gasteiger partial charge in [-0.3, -0.25) is 4.98 Å². The number of hydrogen-bond donors (Lipinski definition) is 1. The minimum Gasteiger partial charge on any atom is -0.323 e. The van der Waals surface area contributed by atoms with Gasteiger partial charge < -0.3 is 10.6 Å². The molecule has 1 rings (SSSR count). The van der Waals surface area contributed by atoms with Gasteiger partial charge in [-0.15, -0.1) is 0 Å². The molecule has 0 aliphatic heterocycles. The van der Waals surface area contributed by atoms with E-state index in [1.165, 1.54) is 0 Å². The van der Waals surface area contributed by atoms with Crippen LogP contribution in [0.5, 0.6) is 0 Å². The maximum atomic E-state index is 5.97. The Morgan fingerprint density at radius 3 is 2.86 bits per heavy atom. The van der Waals surface area contributed by atoms with Gasteiger partial charge in [-0.25, -0.2) is 0 Å². The molecule has 4 heteroatoms. The molecule has 0 fully saturated rings. The van der Waals surface area contributed by atoms with Gasteiger partial charge in [0, 0.05) is 12.2 Å². The number of aromatic nitrogens is 1. The third-order valence-electron chi connectivity index (χ3n) is 2.07. The molecule has 1 aromatic heterocycles. The first-order valence-corrected chi connectivity index (χ1v) is 4.71. The van der Waals surface area contributed by atoms with E-state index in [9.17, 15) is 0 Å². The molecule has 3 nitrogen and oxygen atoms in total. The van der Waals surface area contributed by atoms with E-state index in [1.807, 2.05) is 20.2 Å². The molecule has 14 heavy (non-hydrogen) atoms. The van der Waals surface area contributed by atoms with Crippen LogP contribution in [-0.2, 0) is 0 Å². The van der Waals surface area contributed by atoms with Gasteiger partial charge in [-0.1, -0.05) is 11.5 Å². The lowest BCUT2D eigenvalue weighted by Crippen LogP contribution is -2.21. The van der Waals surface area contributed by atoms with Crippen LogP contribution in [0.2, 0.25) is 0 Å². The Balaban J connectivity index is 2.56. The summed E-state index contributed by atoms with van der Waals surface area (Å²) in [5.74, 6) is 0. The second-order valence-electron chi connectivity index (χ2n) is 3.71. The van der Waals surface area contributed by atoms with E-state index in [2.05, 4.69) is 9.88 Å². The van der Waals surface area contributed by atoms with Gasteiger partial charge in [-0.2, -0.15) is 0 Å². The summed E-state index contributed by atoms with van der Waals surface area (Å²) in [6.07, 6.45) is 2.59. The van der Waals surface area contributed by atoms with Crippen molar-refractivity contribution in [1.82, 2.24) is 9.88 Å². The highest BCUT2D eigenvalue weighted by Crippen LogP contribution is 2.09. The van der Waals surface area contributed by atoms with Gasteiger partial charge in [0.15, 0.2) is 0 Å². The number of rotatable bonds is 4. The molecule has 0 saturated heterocycles. The van der Waals surface area contributed by atoms with Crippen LogP contribution in [-0.4, -0.2) is 38.4 Å². The second kappa shape index (κ2) is 5.12. The van der Waals surface area contributed by atoms with E-state index >= 15 is 0 Å². The summed E-state index contributed by atoms with van der Waals surface area (Å²) in [7, 11) is 9.70. The standard InChI is InChI=1S/C10H16BN3/c1-14(2)6-4-9(12)10-7-8(11)3-5-13-10/h3,5,7,9H,4,6,12H2,1-2H3. The highest BCUT2D eigenvalue weighted by Gasteiger charge is 2.07. The predicted octanol–water partition coefficient (Wildman–Crippen LogP) is -0.173. The van der Waals surface area contributed by atoms with E-state index in [1.54, 1.807) is 12.3 Å². The Hall–Kier alpha value is -0.865. The molecule has 74 valence electrons. The van der Waals surface area contributed by atoms with Crippen LogP contribution in [0.1, 0.15) is 18.2 Å². The first-order chi connectivity index (χ1) is 6.59. The molecule has 2 N–H and O–H groups in total. The zero-order chi connectivity index (χ0) is 10.6. The predicted molar refractivity (Wildman–Crippen MR) is 59.7 cm³/mol. The van der Waals surface area contributed by atoms with Crippen molar-refractivity contribution >= 4 is 13.3 Å². The lowest BCUT2D eigenvalue weighted by Gasteiger charge is -2.14. The van der Waals surface area contributed by atoms with Crippen molar-refractivity contribution in [3.05, 3.63) is 24.0 Å². The summed E-state index contributed by atoms with van der Waals surface area (Å²) in [5.41, 5.74) is 7.55. The average molecular weight is 189 g/mol. The van der Waals surface area contributed by atoms with Crippen LogP contribution in [0.15, 0.2) is 18.3 Å². The number of pyridine rings is 1.